The van der Waals surface area contributed by atoms with Gasteiger partial charge in [-0.1, -0.05) is 60.7 Å². The van der Waals surface area contributed by atoms with Crippen LogP contribution in [0.1, 0.15) is 30.3 Å². The highest BCUT2D eigenvalue weighted by Gasteiger charge is 2.41. The summed E-state index contributed by atoms with van der Waals surface area (Å²) in [4.78, 5) is 17.7. The van der Waals surface area contributed by atoms with E-state index in [-0.39, 0.29) is 5.91 Å². The fraction of sp³-hybridized carbons (Fsp3) is 0.273. The number of imidazole rings is 1. The lowest BCUT2D eigenvalue weighted by atomic mass is 9.71. The van der Waals surface area contributed by atoms with Gasteiger partial charge >= 0.3 is 0 Å². The van der Waals surface area contributed by atoms with Crippen LogP contribution in [0.3, 0.4) is 0 Å². The lowest BCUT2D eigenvalue weighted by molar-refractivity contribution is -0.125. The van der Waals surface area contributed by atoms with Gasteiger partial charge in [-0.25, -0.2) is 4.98 Å². The zero-order valence-electron chi connectivity index (χ0n) is 15.4. The molecule has 0 unspecified atom stereocenters. The highest BCUT2D eigenvalue weighted by molar-refractivity contribution is 5.92. The number of carbonyl (C=O) groups is 1. The van der Waals surface area contributed by atoms with Crippen molar-refractivity contribution in [3.8, 4) is 0 Å². The molecular weight excluding hydrogens is 322 g/mol. The van der Waals surface area contributed by atoms with Crippen LogP contribution in [-0.2, 0) is 16.8 Å². The van der Waals surface area contributed by atoms with Crippen molar-refractivity contribution in [1.82, 2.24) is 14.9 Å². The van der Waals surface area contributed by atoms with Gasteiger partial charge < -0.3 is 9.88 Å². The third-order valence-electron chi connectivity index (χ3n) is 4.91. The quantitative estimate of drug-likeness (QED) is 0.708. The summed E-state index contributed by atoms with van der Waals surface area (Å²) in [7, 11) is 0. The second-order valence-corrected chi connectivity index (χ2v) is 6.41. The van der Waals surface area contributed by atoms with Crippen LogP contribution in [0.5, 0.6) is 0 Å². The molecule has 1 heterocycles. The average Bonchev–Trinajstić information content (AvgIpc) is 3.09. The molecule has 3 rings (SSSR count). The van der Waals surface area contributed by atoms with Gasteiger partial charge in [0.2, 0.25) is 5.91 Å². The number of nitrogens with one attached hydrogen (secondary N) is 1. The van der Waals surface area contributed by atoms with Crippen molar-refractivity contribution >= 4 is 5.91 Å². The molecule has 1 N–H and O–H groups in total. The molecule has 0 aliphatic heterocycles. The van der Waals surface area contributed by atoms with Crippen LogP contribution >= 0.6 is 0 Å². The van der Waals surface area contributed by atoms with Gasteiger partial charge in [0.25, 0.3) is 0 Å². The molecule has 2 aromatic carbocycles. The summed E-state index contributed by atoms with van der Waals surface area (Å²) >= 11 is 0. The standard InChI is InChI=1S/C22H25N3O/c1-3-23-21(26)22(19-10-6-4-7-11-19,20-12-8-5-9-13-20)14-16-25-17-15-24-18(25)2/h4-13,15,17H,3,14,16H2,1-2H3,(H,23,26). The number of aromatic nitrogens is 2. The molecule has 0 fully saturated rings. The number of aryl methyl sites for hydroxylation is 2. The molecule has 3 aromatic rings. The van der Waals surface area contributed by atoms with Gasteiger partial charge in [0.1, 0.15) is 11.2 Å². The van der Waals surface area contributed by atoms with E-state index in [2.05, 4.69) is 14.9 Å². The Hall–Kier alpha value is -2.88. The molecule has 0 saturated carbocycles. The van der Waals surface area contributed by atoms with Crippen molar-refractivity contribution in [1.29, 1.82) is 0 Å². The van der Waals surface area contributed by atoms with Crippen LogP contribution in [0.15, 0.2) is 73.1 Å². The molecule has 0 radical (unpaired) electrons. The minimum absolute atomic E-state index is 0.0372. The molecule has 134 valence electrons. The molecule has 0 atom stereocenters. The molecule has 0 aliphatic rings. The highest BCUT2D eigenvalue weighted by Crippen LogP contribution is 2.36. The van der Waals surface area contributed by atoms with E-state index in [1.54, 1.807) is 6.20 Å². The first kappa shape index (κ1) is 17.9. The molecule has 0 saturated heterocycles. The van der Waals surface area contributed by atoms with Gasteiger partial charge in [0, 0.05) is 25.5 Å². The molecule has 1 aromatic heterocycles. The third-order valence-corrected chi connectivity index (χ3v) is 4.91. The third kappa shape index (κ3) is 3.40. The smallest absolute Gasteiger partial charge is 0.235 e. The lowest BCUT2D eigenvalue weighted by Crippen LogP contribution is -2.46. The van der Waals surface area contributed by atoms with Crippen LogP contribution < -0.4 is 5.32 Å². The van der Waals surface area contributed by atoms with Gasteiger partial charge in [-0.15, -0.1) is 0 Å². The minimum atomic E-state index is -0.741. The van der Waals surface area contributed by atoms with Crippen LogP contribution in [0.25, 0.3) is 0 Å². The summed E-state index contributed by atoms with van der Waals surface area (Å²) in [6, 6.07) is 20.1. The van der Waals surface area contributed by atoms with E-state index in [0.717, 1.165) is 17.0 Å². The van der Waals surface area contributed by atoms with Crippen molar-refractivity contribution in [3.05, 3.63) is 90.0 Å². The van der Waals surface area contributed by atoms with Crippen LogP contribution in [0.4, 0.5) is 0 Å². The van der Waals surface area contributed by atoms with E-state index in [4.69, 9.17) is 0 Å². The Balaban J connectivity index is 2.11. The zero-order chi connectivity index (χ0) is 18.4. The van der Waals surface area contributed by atoms with Gasteiger partial charge in [-0.05, 0) is 31.4 Å². The largest absolute Gasteiger partial charge is 0.355 e. The summed E-state index contributed by atoms with van der Waals surface area (Å²) in [6.45, 7) is 5.26. The Kier molecular flexibility index (Phi) is 5.52. The molecular formula is C22H25N3O. The fourth-order valence-corrected chi connectivity index (χ4v) is 3.52. The average molecular weight is 347 g/mol. The van der Waals surface area contributed by atoms with E-state index in [9.17, 15) is 4.79 Å². The van der Waals surface area contributed by atoms with Crippen LogP contribution in [-0.4, -0.2) is 22.0 Å². The number of carbonyl (C=O) groups excluding carboxylic acids is 1. The number of hydrogen-bond donors (Lipinski definition) is 1. The number of benzene rings is 2. The normalized spacial score (nSPS) is 11.3. The number of amides is 1. The van der Waals surface area contributed by atoms with Crippen LogP contribution in [0, 0.1) is 6.92 Å². The van der Waals surface area contributed by atoms with Crippen LogP contribution in [0.2, 0.25) is 0 Å². The molecule has 1 amide bonds. The molecule has 26 heavy (non-hydrogen) atoms. The van der Waals surface area contributed by atoms with E-state index in [0.29, 0.717) is 19.5 Å². The van der Waals surface area contributed by atoms with Crippen molar-refractivity contribution in [2.45, 2.75) is 32.2 Å². The van der Waals surface area contributed by atoms with Gasteiger partial charge in [0.05, 0.1) is 0 Å². The topological polar surface area (TPSA) is 46.9 Å². The maximum Gasteiger partial charge on any atom is 0.235 e. The second-order valence-electron chi connectivity index (χ2n) is 6.41. The minimum Gasteiger partial charge on any atom is -0.355 e. The van der Waals surface area contributed by atoms with E-state index < -0.39 is 5.41 Å². The lowest BCUT2D eigenvalue weighted by Gasteiger charge is -2.34. The Bertz CT molecular complexity index is 801. The zero-order valence-corrected chi connectivity index (χ0v) is 15.4. The summed E-state index contributed by atoms with van der Waals surface area (Å²) in [5.74, 6) is 0.992. The molecule has 0 aliphatic carbocycles. The number of nitrogens with zero attached hydrogens (tertiary/aromatic N) is 2. The van der Waals surface area contributed by atoms with Gasteiger partial charge in [0.15, 0.2) is 0 Å². The first-order valence-electron chi connectivity index (χ1n) is 9.05. The number of likely N-dealkylation sites (N-methyl/N-ethyl adjacent to an activating group) is 1. The summed E-state index contributed by atoms with van der Waals surface area (Å²) in [5.41, 5.74) is 1.28. The van der Waals surface area contributed by atoms with Crippen molar-refractivity contribution in [3.63, 3.8) is 0 Å². The Labute approximate surface area is 154 Å². The van der Waals surface area contributed by atoms with Gasteiger partial charge in [-0.2, -0.15) is 0 Å². The monoisotopic (exact) mass is 347 g/mol. The molecule has 4 heteroatoms. The van der Waals surface area contributed by atoms with Crippen molar-refractivity contribution in [2.24, 2.45) is 0 Å². The SMILES string of the molecule is CCNC(=O)C(CCn1ccnc1C)(c1ccccc1)c1ccccc1. The molecule has 0 spiro atoms. The highest BCUT2D eigenvalue weighted by atomic mass is 16.2. The van der Waals surface area contributed by atoms with E-state index >= 15 is 0 Å². The fourth-order valence-electron chi connectivity index (χ4n) is 3.52. The number of hydrogen-bond acceptors (Lipinski definition) is 2. The maximum atomic E-state index is 13.4. The summed E-state index contributed by atoms with van der Waals surface area (Å²) in [5, 5.41) is 3.06. The van der Waals surface area contributed by atoms with E-state index in [1.165, 1.54) is 0 Å². The molecule has 4 nitrogen and oxygen atoms in total. The first-order valence-corrected chi connectivity index (χ1v) is 9.05. The second kappa shape index (κ2) is 8.00. The number of rotatable bonds is 7. The van der Waals surface area contributed by atoms with E-state index in [1.807, 2.05) is 80.7 Å². The Morgan fingerprint density at radius 2 is 1.62 bits per heavy atom. The van der Waals surface area contributed by atoms with Gasteiger partial charge in [-0.3, -0.25) is 4.79 Å². The van der Waals surface area contributed by atoms with Crippen molar-refractivity contribution < 1.29 is 4.79 Å². The predicted molar refractivity (Wildman–Crippen MR) is 104 cm³/mol. The summed E-state index contributed by atoms with van der Waals surface area (Å²) < 4.78 is 2.10. The van der Waals surface area contributed by atoms with Crippen molar-refractivity contribution in [2.75, 3.05) is 6.54 Å². The Morgan fingerprint density at radius 1 is 1.04 bits per heavy atom. The Morgan fingerprint density at radius 3 is 2.08 bits per heavy atom. The predicted octanol–water partition coefficient (Wildman–Crippen LogP) is 3.70. The summed E-state index contributed by atoms with van der Waals surface area (Å²) in [6.07, 6.45) is 4.42. The maximum absolute atomic E-state index is 13.4. The molecule has 0 bridgehead atoms. The first-order chi connectivity index (χ1) is 12.7.